The highest BCUT2D eigenvalue weighted by Gasteiger charge is 2.35. The molecular weight excluding hydrogens is 226 g/mol. The third-order valence-corrected chi connectivity index (χ3v) is 3.24. The molecule has 2 heterocycles. The Morgan fingerprint density at radius 1 is 1.44 bits per heavy atom. The Morgan fingerprint density at radius 3 is 3.06 bits per heavy atom. The van der Waals surface area contributed by atoms with E-state index in [1.54, 1.807) is 12.1 Å². The second-order valence-corrected chi connectivity index (χ2v) is 4.34. The predicted molar refractivity (Wildman–Crippen MR) is 64.5 cm³/mol. The van der Waals surface area contributed by atoms with E-state index in [1.807, 2.05) is 4.90 Å². The van der Waals surface area contributed by atoms with Gasteiger partial charge in [-0.15, -0.1) is 0 Å². The third kappa shape index (κ3) is 1.16. The van der Waals surface area contributed by atoms with Gasteiger partial charge in [-0.2, -0.15) is 0 Å². The van der Waals surface area contributed by atoms with Gasteiger partial charge in [0.05, 0.1) is 22.0 Å². The van der Waals surface area contributed by atoms with E-state index in [2.05, 4.69) is 4.99 Å². The van der Waals surface area contributed by atoms with Crippen molar-refractivity contribution in [2.75, 3.05) is 23.7 Å². The van der Waals surface area contributed by atoms with Crippen LogP contribution in [0.3, 0.4) is 0 Å². The summed E-state index contributed by atoms with van der Waals surface area (Å²) in [6, 6.07) is 3.39. The molecule has 0 radical (unpaired) electrons. The molecule has 2 aliphatic heterocycles. The van der Waals surface area contributed by atoms with E-state index in [4.69, 9.17) is 17.3 Å². The van der Waals surface area contributed by atoms with Crippen molar-refractivity contribution < 1.29 is 4.79 Å². The van der Waals surface area contributed by atoms with Crippen molar-refractivity contribution in [2.45, 2.75) is 6.42 Å². The van der Waals surface area contributed by atoms with Gasteiger partial charge < -0.3 is 10.6 Å². The molecule has 0 bridgehead atoms. The van der Waals surface area contributed by atoms with Gasteiger partial charge in [0.2, 0.25) is 5.78 Å². The summed E-state index contributed by atoms with van der Waals surface area (Å²) >= 11 is 5.97. The molecular formula is C11H10ClN3O. The fourth-order valence-corrected chi connectivity index (χ4v) is 2.30. The van der Waals surface area contributed by atoms with Gasteiger partial charge in [-0.05, 0) is 18.6 Å². The van der Waals surface area contributed by atoms with E-state index in [0.29, 0.717) is 22.1 Å². The van der Waals surface area contributed by atoms with Crippen molar-refractivity contribution in [1.29, 1.82) is 0 Å². The number of hydrogen-bond donors (Lipinski definition) is 1. The van der Waals surface area contributed by atoms with E-state index < -0.39 is 0 Å². The number of hydrogen-bond acceptors (Lipinski definition) is 4. The highest BCUT2D eigenvalue weighted by atomic mass is 35.5. The first kappa shape index (κ1) is 9.66. The number of fused-ring (bicyclic) bond motifs is 3. The molecule has 5 heteroatoms. The zero-order valence-corrected chi connectivity index (χ0v) is 9.29. The van der Waals surface area contributed by atoms with Gasteiger partial charge in [-0.1, -0.05) is 11.6 Å². The number of aliphatic imine (C=N–C) groups is 1. The van der Waals surface area contributed by atoms with E-state index in [1.165, 1.54) is 0 Å². The van der Waals surface area contributed by atoms with Crippen molar-refractivity contribution in [2.24, 2.45) is 4.99 Å². The van der Waals surface area contributed by atoms with Crippen LogP contribution >= 0.6 is 11.6 Å². The molecule has 0 saturated carbocycles. The van der Waals surface area contributed by atoms with Gasteiger partial charge in [-0.3, -0.25) is 9.79 Å². The Kier molecular flexibility index (Phi) is 1.94. The molecule has 1 aromatic carbocycles. The lowest BCUT2D eigenvalue weighted by Crippen LogP contribution is -2.34. The van der Waals surface area contributed by atoms with Crippen LogP contribution < -0.4 is 10.6 Å². The Balaban J connectivity index is 2.23. The van der Waals surface area contributed by atoms with Gasteiger partial charge >= 0.3 is 0 Å². The lowest BCUT2D eigenvalue weighted by atomic mass is 10.1. The SMILES string of the molecule is Nc1cc2c(cc1Cl)N1CCCN=C1C2=O. The summed E-state index contributed by atoms with van der Waals surface area (Å²) in [5, 5.41) is 0.485. The van der Waals surface area contributed by atoms with E-state index in [-0.39, 0.29) is 5.78 Å². The number of ketones is 1. The number of nitrogens with two attached hydrogens (primary N) is 1. The van der Waals surface area contributed by atoms with Crippen LogP contribution in [0.25, 0.3) is 0 Å². The third-order valence-electron chi connectivity index (χ3n) is 2.91. The van der Waals surface area contributed by atoms with Crippen molar-refractivity contribution in [1.82, 2.24) is 0 Å². The lowest BCUT2D eigenvalue weighted by Gasteiger charge is -2.22. The molecule has 2 aliphatic rings. The van der Waals surface area contributed by atoms with E-state index >= 15 is 0 Å². The maximum absolute atomic E-state index is 12.0. The van der Waals surface area contributed by atoms with E-state index in [9.17, 15) is 4.79 Å². The highest BCUT2D eigenvalue weighted by molar-refractivity contribution is 6.55. The number of halogens is 1. The number of nitrogen functional groups attached to an aromatic ring is 1. The first-order valence-corrected chi connectivity index (χ1v) is 5.52. The summed E-state index contributed by atoms with van der Waals surface area (Å²) in [6.45, 7) is 1.53. The average molecular weight is 236 g/mol. The fraction of sp³-hybridized carbons (Fsp3) is 0.273. The standard InChI is InChI=1S/C11H10ClN3O/c12-7-5-9-6(4-8(7)13)10(16)11-14-2-1-3-15(9)11/h4-5H,1-3,13H2. The van der Waals surface area contributed by atoms with Crippen molar-refractivity contribution in [3.63, 3.8) is 0 Å². The van der Waals surface area contributed by atoms with Crippen LogP contribution in [0.5, 0.6) is 0 Å². The molecule has 2 N–H and O–H groups in total. The zero-order chi connectivity index (χ0) is 11.3. The van der Waals surface area contributed by atoms with Crippen molar-refractivity contribution in [3.8, 4) is 0 Å². The molecule has 0 fully saturated rings. The number of anilines is 2. The number of carbonyl (C=O) groups excluding carboxylic acids is 1. The molecule has 4 nitrogen and oxygen atoms in total. The number of benzene rings is 1. The Hall–Kier alpha value is -1.55. The lowest BCUT2D eigenvalue weighted by molar-refractivity contribution is 0.106. The maximum Gasteiger partial charge on any atom is 0.230 e. The molecule has 3 rings (SSSR count). The minimum absolute atomic E-state index is 0.0435. The van der Waals surface area contributed by atoms with Crippen LogP contribution in [0.1, 0.15) is 16.8 Å². The average Bonchev–Trinajstić information content (AvgIpc) is 2.55. The molecule has 1 aromatic rings. The van der Waals surface area contributed by atoms with Crippen LogP contribution in [0.15, 0.2) is 17.1 Å². The van der Waals surface area contributed by atoms with Crippen LogP contribution in [0, 0.1) is 0 Å². The van der Waals surface area contributed by atoms with Crippen LogP contribution in [0.2, 0.25) is 5.02 Å². The molecule has 0 aliphatic carbocycles. The highest BCUT2D eigenvalue weighted by Crippen LogP contribution is 2.36. The number of amidine groups is 1. The molecule has 0 saturated heterocycles. The second-order valence-electron chi connectivity index (χ2n) is 3.93. The van der Waals surface area contributed by atoms with Crippen LogP contribution in [0.4, 0.5) is 11.4 Å². The first-order valence-electron chi connectivity index (χ1n) is 5.14. The largest absolute Gasteiger partial charge is 0.398 e. The molecule has 0 atom stereocenters. The van der Waals surface area contributed by atoms with Gasteiger partial charge in [-0.25, -0.2) is 0 Å². The minimum atomic E-state index is -0.0435. The summed E-state index contributed by atoms with van der Waals surface area (Å²) < 4.78 is 0. The fourth-order valence-electron chi connectivity index (χ4n) is 2.14. The van der Waals surface area contributed by atoms with Gasteiger partial charge in [0.15, 0.2) is 5.84 Å². The van der Waals surface area contributed by atoms with Crippen LogP contribution in [-0.4, -0.2) is 24.7 Å². The molecule has 0 amide bonds. The minimum Gasteiger partial charge on any atom is -0.398 e. The summed E-state index contributed by atoms with van der Waals surface area (Å²) in [5.41, 5.74) is 7.59. The topological polar surface area (TPSA) is 58.7 Å². The predicted octanol–water partition coefficient (Wildman–Crippen LogP) is 1.73. The Bertz CT molecular complexity index is 524. The Morgan fingerprint density at radius 2 is 2.25 bits per heavy atom. The van der Waals surface area contributed by atoms with Crippen molar-refractivity contribution >= 4 is 34.6 Å². The summed E-state index contributed by atoms with van der Waals surface area (Å²) in [5.74, 6) is 0.487. The quantitative estimate of drug-likeness (QED) is 0.697. The summed E-state index contributed by atoms with van der Waals surface area (Å²) in [7, 11) is 0. The molecule has 0 unspecified atom stereocenters. The number of carbonyl (C=O) groups is 1. The number of nitrogens with zero attached hydrogens (tertiary/aromatic N) is 2. The smallest absolute Gasteiger partial charge is 0.230 e. The normalized spacial score (nSPS) is 18.2. The zero-order valence-electron chi connectivity index (χ0n) is 8.53. The van der Waals surface area contributed by atoms with Crippen LogP contribution in [-0.2, 0) is 0 Å². The number of Topliss-reactive ketones (excluding diaryl/α,β-unsaturated/α-hetero) is 1. The molecule has 16 heavy (non-hydrogen) atoms. The molecule has 82 valence electrons. The monoisotopic (exact) mass is 235 g/mol. The second kappa shape index (κ2) is 3.22. The van der Waals surface area contributed by atoms with Gasteiger partial charge in [0.1, 0.15) is 0 Å². The van der Waals surface area contributed by atoms with Gasteiger partial charge in [0, 0.05) is 13.1 Å². The maximum atomic E-state index is 12.0. The first-order chi connectivity index (χ1) is 7.68. The summed E-state index contributed by atoms with van der Waals surface area (Å²) in [6.07, 6.45) is 0.957. The van der Waals surface area contributed by atoms with Crippen molar-refractivity contribution in [3.05, 3.63) is 22.7 Å². The molecule has 0 spiro atoms. The number of rotatable bonds is 0. The van der Waals surface area contributed by atoms with E-state index in [0.717, 1.165) is 25.2 Å². The van der Waals surface area contributed by atoms with Gasteiger partial charge in [0.25, 0.3) is 0 Å². The molecule has 0 aromatic heterocycles. The summed E-state index contributed by atoms with van der Waals surface area (Å²) in [4.78, 5) is 18.2. The Labute approximate surface area is 97.7 Å².